The summed E-state index contributed by atoms with van der Waals surface area (Å²) < 4.78 is 0. The molecule has 0 bridgehead atoms. The maximum absolute atomic E-state index is 8.57. The van der Waals surface area contributed by atoms with Crippen LogP contribution in [-0.4, -0.2) is 0 Å². The van der Waals surface area contributed by atoms with Crippen molar-refractivity contribution in [2.24, 2.45) is 0 Å². The van der Waals surface area contributed by atoms with E-state index < -0.39 is 0 Å². The van der Waals surface area contributed by atoms with Gasteiger partial charge >= 0.3 is 0 Å². The third kappa shape index (κ3) is 2.11. The van der Waals surface area contributed by atoms with Crippen LogP contribution < -0.4 is 0 Å². The van der Waals surface area contributed by atoms with Crippen molar-refractivity contribution >= 4 is 0 Å². The molecule has 0 aliphatic rings. The molecule has 0 atom stereocenters. The third-order valence-corrected chi connectivity index (χ3v) is 1.58. The molecule has 1 aromatic rings. The first-order chi connectivity index (χ1) is 5.86. The van der Waals surface area contributed by atoms with Gasteiger partial charge in [-0.1, -0.05) is 12.1 Å². The van der Waals surface area contributed by atoms with Crippen LogP contribution >= 0.6 is 0 Å². The lowest BCUT2D eigenvalue weighted by Gasteiger charge is -1.95. The van der Waals surface area contributed by atoms with Crippen LogP contribution in [0.4, 0.5) is 0 Å². The summed E-state index contributed by atoms with van der Waals surface area (Å²) in [4.78, 5) is 0. The highest BCUT2D eigenvalue weighted by Crippen LogP contribution is 2.05. The Morgan fingerprint density at radius 1 is 1.25 bits per heavy atom. The molecule has 0 aliphatic carbocycles. The van der Waals surface area contributed by atoms with Crippen LogP contribution in [0.15, 0.2) is 24.3 Å². The SMILES string of the molecule is N#CCCc1cccc(C#N)c1. The van der Waals surface area contributed by atoms with Crippen molar-refractivity contribution in [3.63, 3.8) is 0 Å². The lowest BCUT2D eigenvalue weighted by molar-refractivity contribution is 1.01. The maximum Gasteiger partial charge on any atom is 0.0991 e. The molecule has 2 heteroatoms. The van der Waals surface area contributed by atoms with Gasteiger partial charge in [-0.25, -0.2) is 0 Å². The largest absolute Gasteiger partial charge is 0.198 e. The topological polar surface area (TPSA) is 47.6 Å². The smallest absolute Gasteiger partial charge is 0.0991 e. The molecule has 0 heterocycles. The van der Waals surface area contributed by atoms with E-state index in [9.17, 15) is 0 Å². The maximum atomic E-state index is 8.57. The van der Waals surface area contributed by atoms with Crippen molar-refractivity contribution in [3.05, 3.63) is 35.4 Å². The van der Waals surface area contributed by atoms with Crippen LogP contribution in [0, 0.1) is 22.7 Å². The summed E-state index contributed by atoms with van der Waals surface area (Å²) >= 11 is 0. The van der Waals surface area contributed by atoms with Crippen molar-refractivity contribution < 1.29 is 0 Å². The highest BCUT2D eigenvalue weighted by Gasteiger charge is 1.93. The number of nitriles is 2. The van der Waals surface area contributed by atoms with Crippen LogP contribution in [0.2, 0.25) is 0 Å². The quantitative estimate of drug-likeness (QED) is 0.657. The zero-order valence-corrected chi connectivity index (χ0v) is 6.62. The Hall–Kier alpha value is -1.80. The van der Waals surface area contributed by atoms with Crippen molar-refractivity contribution in [1.82, 2.24) is 0 Å². The molecule has 0 aliphatic heterocycles. The van der Waals surface area contributed by atoms with Crippen LogP contribution in [0.3, 0.4) is 0 Å². The molecule has 12 heavy (non-hydrogen) atoms. The van der Waals surface area contributed by atoms with E-state index in [4.69, 9.17) is 10.5 Å². The van der Waals surface area contributed by atoms with E-state index in [1.165, 1.54) is 0 Å². The van der Waals surface area contributed by atoms with Gasteiger partial charge in [-0.05, 0) is 24.1 Å². The normalized spacial score (nSPS) is 8.50. The van der Waals surface area contributed by atoms with Crippen LogP contribution in [0.1, 0.15) is 17.5 Å². The van der Waals surface area contributed by atoms with Gasteiger partial charge in [0.2, 0.25) is 0 Å². The second kappa shape index (κ2) is 4.16. The number of nitrogens with zero attached hydrogens (tertiary/aromatic N) is 2. The Balaban J connectivity index is 2.76. The molecule has 0 N–H and O–H groups in total. The van der Waals surface area contributed by atoms with Gasteiger partial charge < -0.3 is 0 Å². The molecule has 0 aromatic heterocycles. The number of benzene rings is 1. The summed E-state index contributed by atoms with van der Waals surface area (Å²) in [6.45, 7) is 0. The molecule has 0 amide bonds. The number of rotatable bonds is 2. The second-order valence-corrected chi connectivity index (χ2v) is 2.47. The highest BCUT2D eigenvalue weighted by molar-refractivity contribution is 5.32. The lowest BCUT2D eigenvalue weighted by Crippen LogP contribution is -1.84. The van der Waals surface area contributed by atoms with E-state index >= 15 is 0 Å². The van der Waals surface area contributed by atoms with Gasteiger partial charge in [0, 0.05) is 6.42 Å². The predicted molar refractivity (Wildman–Crippen MR) is 45.1 cm³/mol. The molecule has 0 radical (unpaired) electrons. The molecule has 1 rings (SSSR count). The Bertz CT molecular complexity index is 342. The molecule has 0 spiro atoms. The lowest BCUT2D eigenvalue weighted by atomic mass is 10.1. The summed E-state index contributed by atoms with van der Waals surface area (Å²) in [5.41, 5.74) is 1.71. The first-order valence-corrected chi connectivity index (χ1v) is 3.73. The van der Waals surface area contributed by atoms with E-state index in [1.807, 2.05) is 18.2 Å². The van der Waals surface area contributed by atoms with Crippen molar-refractivity contribution in [3.8, 4) is 12.1 Å². The Labute approximate surface area is 71.7 Å². The molecular formula is C10H8N2. The Morgan fingerprint density at radius 3 is 2.75 bits per heavy atom. The molecule has 0 fully saturated rings. The minimum Gasteiger partial charge on any atom is -0.198 e. The van der Waals surface area contributed by atoms with Crippen molar-refractivity contribution in [1.29, 1.82) is 10.5 Å². The second-order valence-electron chi connectivity index (χ2n) is 2.47. The Morgan fingerprint density at radius 2 is 2.08 bits per heavy atom. The standard InChI is InChI=1S/C10H8N2/c11-6-2-5-9-3-1-4-10(7-9)8-12/h1,3-4,7H,2,5H2. The average Bonchev–Trinajstić information content (AvgIpc) is 2.15. The summed E-state index contributed by atoms with van der Waals surface area (Å²) in [6.07, 6.45) is 1.24. The van der Waals surface area contributed by atoms with Gasteiger partial charge in [0.1, 0.15) is 0 Å². The monoisotopic (exact) mass is 156 g/mol. The fourth-order valence-corrected chi connectivity index (χ4v) is 0.997. The summed E-state index contributed by atoms with van der Waals surface area (Å²) in [7, 11) is 0. The van der Waals surface area contributed by atoms with Crippen LogP contribution in [0.25, 0.3) is 0 Å². The minimum absolute atomic E-state index is 0.509. The number of hydrogen-bond donors (Lipinski definition) is 0. The van der Waals surface area contributed by atoms with Gasteiger partial charge in [-0.3, -0.25) is 0 Å². The molecule has 0 unspecified atom stereocenters. The van der Waals surface area contributed by atoms with Crippen molar-refractivity contribution in [2.45, 2.75) is 12.8 Å². The van der Waals surface area contributed by atoms with Crippen LogP contribution in [0.5, 0.6) is 0 Å². The molecule has 2 nitrogen and oxygen atoms in total. The Kier molecular flexibility index (Phi) is 2.87. The van der Waals surface area contributed by atoms with Gasteiger partial charge in [0.15, 0.2) is 0 Å². The zero-order valence-electron chi connectivity index (χ0n) is 6.62. The van der Waals surface area contributed by atoms with E-state index in [0.29, 0.717) is 12.0 Å². The van der Waals surface area contributed by atoms with Gasteiger partial charge in [0.25, 0.3) is 0 Å². The molecule has 0 saturated carbocycles. The van der Waals surface area contributed by atoms with Crippen molar-refractivity contribution in [2.75, 3.05) is 0 Å². The van der Waals surface area contributed by atoms with Gasteiger partial charge in [-0.2, -0.15) is 10.5 Å². The fourth-order valence-electron chi connectivity index (χ4n) is 0.997. The van der Waals surface area contributed by atoms with E-state index in [2.05, 4.69) is 12.1 Å². The highest BCUT2D eigenvalue weighted by atomic mass is 14.2. The summed E-state index contributed by atoms with van der Waals surface area (Å²) in [6, 6.07) is 11.5. The zero-order chi connectivity index (χ0) is 8.81. The van der Waals surface area contributed by atoms with E-state index in [0.717, 1.165) is 12.0 Å². The molecule has 58 valence electrons. The molecule has 0 saturated heterocycles. The minimum atomic E-state index is 0.509. The molecule has 1 aromatic carbocycles. The van der Waals surface area contributed by atoms with Gasteiger partial charge in [-0.15, -0.1) is 0 Å². The number of hydrogen-bond acceptors (Lipinski definition) is 2. The first kappa shape index (κ1) is 8.30. The van der Waals surface area contributed by atoms with E-state index in [-0.39, 0.29) is 0 Å². The fraction of sp³-hybridized carbons (Fsp3) is 0.200. The third-order valence-electron chi connectivity index (χ3n) is 1.58. The van der Waals surface area contributed by atoms with E-state index in [1.54, 1.807) is 6.07 Å². The summed E-state index contributed by atoms with van der Waals surface area (Å²) in [5, 5.41) is 16.9. The molecular weight excluding hydrogens is 148 g/mol. The average molecular weight is 156 g/mol. The van der Waals surface area contributed by atoms with Crippen LogP contribution in [-0.2, 0) is 6.42 Å². The summed E-state index contributed by atoms with van der Waals surface area (Å²) in [5.74, 6) is 0. The number of aryl methyl sites for hydroxylation is 1. The predicted octanol–water partition coefficient (Wildman–Crippen LogP) is 2.01. The van der Waals surface area contributed by atoms with Gasteiger partial charge in [0.05, 0.1) is 17.7 Å². The first-order valence-electron chi connectivity index (χ1n) is 3.73.